The maximum Gasteiger partial charge on any atom is 0.436 e. The van der Waals surface area contributed by atoms with Gasteiger partial charge in [0, 0.05) is 6.54 Å². The van der Waals surface area contributed by atoms with Gasteiger partial charge in [-0.2, -0.15) is 22.7 Å². The van der Waals surface area contributed by atoms with E-state index in [0.29, 0.717) is 4.68 Å². The van der Waals surface area contributed by atoms with Gasteiger partial charge >= 0.3 is 6.18 Å². The Balaban J connectivity index is 3.25. The van der Waals surface area contributed by atoms with Crippen LogP contribution < -0.4 is 0 Å². The van der Waals surface area contributed by atoms with Gasteiger partial charge in [0.25, 0.3) is 0 Å². The summed E-state index contributed by atoms with van der Waals surface area (Å²) in [7, 11) is 0. The molecule has 0 N–H and O–H groups in total. The summed E-state index contributed by atoms with van der Waals surface area (Å²) in [6, 6.07) is 0. The molecule has 1 rings (SSSR count). The average molecular weight is 308 g/mol. The average Bonchev–Trinajstić information content (AvgIpc) is 2.28. The number of hydrogen-bond acceptors (Lipinski definition) is 1. The summed E-state index contributed by atoms with van der Waals surface area (Å²) in [5.74, 6) is -0.935. The number of rotatable bonds is 1. The summed E-state index contributed by atoms with van der Waals surface area (Å²) in [5.41, 5.74) is -1.16. The molecule has 0 aliphatic carbocycles. The topological polar surface area (TPSA) is 17.8 Å². The first-order chi connectivity index (χ1) is 5.88. The lowest BCUT2D eigenvalue weighted by Gasteiger charge is -2.00. The van der Waals surface area contributed by atoms with Crippen molar-refractivity contribution in [3.63, 3.8) is 0 Å². The van der Waals surface area contributed by atoms with E-state index in [-0.39, 0.29) is 6.54 Å². The summed E-state index contributed by atoms with van der Waals surface area (Å²) < 4.78 is 49.5. The van der Waals surface area contributed by atoms with Crippen molar-refractivity contribution >= 4 is 22.6 Å². The Morgan fingerprint density at radius 1 is 1.46 bits per heavy atom. The Kier molecular flexibility index (Phi) is 2.83. The van der Waals surface area contributed by atoms with Crippen molar-refractivity contribution < 1.29 is 17.6 Å². The Hall–Kier alpha value is -0.340. The molecule has 0 saturated carbocycles. The van der Waals surface area contributed by atoms with E-state index in [4.69, 9.17) is 0 Å². The van der Waals surface area contributed by atoms with Crippen LogP contribution in [0.3, 0.4) is 0 Å². The van der Waals surface area contributed by atoms with E-state index < -0.39 is 21.4 Å². The molecule has 0 spiro atoms. The molecule has 0 radical (unpaired) electrons. The van der Waals surface area contributed by atoms with Crippen LogP contribution in [-0.4, -0.2) is 9.78 Å². The SMILES string of the molecule is CCn1nc(C(F)(F)F)c(I)c1F. The van der Waals surface area contributed by atoms with Gasteiger partial charge in [0.05, 0.1) is 0 Å². The van der Waals surface area contributed by atoms with Gasteiger partial charge in [0.2, 0.25) is 5.95 Å². The first-order valence-corrected chi connectivity index (χ1v) is 4.44. The molecular formula is C6H5F4IN2. The van der Waals surface area contributed by atoms with Gasteiger partial charge in [-0.1, -0.05) is 0 Å². The lowest BCUT2D eigenvalue weighted by molar-refractivity contribution is -0.142. The van der Waals surface area contributed by atoms with Gasteiger partial charge in [-0.25, -0.2) is 4.68 Å². The molecule has 1 heterocycles. The van der Waals surface area contributed by atoms with Gasteiger partial charge < -0.3 is 0 Å². The first kappa shape index (κ1) is 10.7. The van der Waals surface area contributed by atoms with Gasteiger partial charge in [-0.3, -0.25) is 0 Å². The van der Waals surface area contributed by atoms with Gasteiger partial charge in [0.1, 0.15) is 3.57 Å². The molecule has 0 atom stereocenters. The van der Waals surface area contributed by atoms with E-state index in [1.807, 2.05) is 0 Å². The van der Waals surface area contributed by atoms with Crippen molar-refractivity contribution in [3.05, 3.63) is 15.2 Å². The van der Waals surface area contributed by atoms with Crippen LogP contribution in [0.15, 0.2) is 0 Å². The van der Waals surface area contributed by atoms with Crippen molar-refractivity contribution in [2.75, 3.05) is 0 Å². The summed E-state index contributed by atoms with van der Waals surface area (Å²) in [6.45, 7) is 1.60. The van der Waals surface area contributed by atoms with Gasteiger partial charge in [-0.15, -0.1) is 0 Å². The minimum atomic E-state index is -4.59. The molecule has 0 aliphatic heterocycles. The second kappa shape index (κ2) is 3.43. The number of aryl methyl sites for hydroxylation is 1. The fraction of sp³-hybridized carbons (Fsp3) is 0.500. The zero-order chi connectivity index (χ0) is 10.2. The van der Waals surface area contributed by atoms with Crippen LogP contribution in [0.5, 0.6) is 0 Å². The van der Waals surface area contributed by atoms with Crippen molar-refractivity contribution in [1.29, 1.82) is 0 Å². The Morgan fingerprint density at radius 3 is 2.23 bits per heavy atom. The molecular weight excluding hydrogens is 303 g/mol. The second-order valence-corrected chi connectivity index (χ2v) is 3.35. The highest BCUT2D eigenvalue weighted by atomic mass is 127. The van der Waals surface area contributed by atoms with Crippen LogP contribution in [0.2, 0.25) is 0 Å². The van der Waals surface area contributed by atoms with Crippen molar-refractivity contribution in [1.82, 2.24) is 9.78 Å². The Labute approximate surface area is 85.1 Å². The highest BCUT2D eigenvalue weighted by Crippen LogP contribution is 2.32. The zero-order valence-corrected chi connectivity index (χ0v) is 8.65. The number of halogens is 5. The molecule has 0 unspecified atom stereocenters. The smallest absolute Gasteiger partial charge is 0.238 e. The van der Waals surface area contributed by atoms with E-state index in [2.05, 4.69) is 5.10 Å². The minimum Gasteiger partial charge on any atom is -0.238 e. The maximum atomic E-state index is 12.9. The maximum absolute atomic E-state index is 12.9. The summed E-state index contributed by atoms with van der Waals surface area (Å²) >= 11 is 1.30. The van der Waals surface area contributed by atoms with Crippen LogP contribution in [-0.2, 0) is 12.7 Å². The fourth-order valence-corrected chi connectivity index (χ4v) is 1.50. The molecule has 0 aliphatic rings. The normalized spacial score (nSPS) is 12.2. The van der Waals surface area contributed by atoms with Crippen LogP contribution >= 0.6 is 22.6 Å². The molecule has 0 saturated heterocycles. The minimum absolute atomic E-state index is 0.0813. The highest BCUT2D eigenvalue weighted by Gasteiger charge is 2.38. The van der Waals surface area contributed by atoms with Crippen LogP contribution in [0.4, 0.5) is 17.6 Å². The molecule has 0 fully saturated rings. The highest BCUT2D eigenvalue weighted by molar-refractivity contribution is 14.1. The fourth-order valence-electron chi connectivity index (χ4n) is 0.810. The third-order valence-corrected chi connectivity index (χ3v) is 2.36. The molecule has 74 valence electrons. The molecule has 0 bridgehead atoms. The monoisotopic (exact) mass is 308 g/mol. The van der Waals surface area contributed by atoms with E-state index in [1.54, 1.807) is 0 Å². The summed E-state index contributed by atoms with van der Waals surface area (Å²) in [5, 5.41) is 3.11. The summed E-state index contributed by atoms with van der Waals surface area (Å²) in [6.07, 6.45) is -4.59. The van der Waals surface area contributed by atoms with E-state index in [9.17, 15) is 17.6 Å². The largest absolute Gasteiger partial charge is 0.436 e. The number of alkyl halides is 3. The third kappa shape index (κ3) is 1.94. The number of hydrogen-bond donors (Lipinski definition) is 0. The molecule has 2 nitrogen and oxygen atoms in total. The molecule has 1 aromatic rings. The quantitative estimate of drug-likeness (QED) is 0.576. The zero-order valence-electron chi connectivity index (χ0n) is 6.49. The Morgan fingerprint density at radius 2 is 2.00 bits per heavy atom. The van der Waals surface area contributed by atoms with E-state index >= 15 is 0 Å². The lowest BCUT2D eigenvalue weighted by Crippen LogP contribution is -2.08. The predicted octanol–water partition coefficient (Wildman–Crippen LogP) is 2.67. The van der Waals surface area contributed by atoms with Crippen molar-refractivity contribution in [2.45, 2.75) is 19.6 Å². The molecule has 0 amide bonds. The third-order valence-electron chi connectivity index (χ3n) is 1.40. The lowest BCUT2D eigenvalue weighted by atomic mass is 10.4. The predicted molar refractivity (Wildman–Crippen MR) is 45.6 cm³/mol. The van der Waals surface area contributed by atoms with Crippen LogP contribution in [0.1, 0.15) is 12.6 Å². The first-order valence-electron chi connectivity index (χ1n) is 3.37. The van der Waals surface area contributed by atoms with Crippen molar-refractivity contribution in [2.24, 2.45) is 0 Å². The number of nitrogens with zero attached hydrogens (tertiary/aromatic N) is 2. The Bertz CT molecular complexity index is 317. The standard InChI is InChI=1S/C6H5F4IN2/c1-2-13-5(7)3(11)4(12-13)6(8,9)10/h2H2,1H3. The van der Waals surface area contributed by atoms with Crippen LogP contribution in [0, 0.1) is 9.52 Å². The molecule has 7 heteroatoms. The molecule has 0 aromatic carbocycles. The number of aromatic nitrogens is 2. The van der Waals surface area contributed by atoms with E-state index in [0.717, 1.165) is 0 Å². The molecule has 1 aromatic heterocycles. The van der Waals surface area contributed by atoms with Crippen LogP contribution in [0.25, 0.3) is 0 Å². The van der Waals surface area contributed by atoms with Gasteiger partial charge in [-0.05, 0) is 29.5 Å². The second-order valence-electron chi connectivity index (χ2n) is 2.27. The van der Waals surface area contributed by atoms with Gasteiger partial charge in [0.15, 0.2) is 5.69 Å². The molecule has 13 heavy (non-hydrogen) atoms. The summed E-state index contributed by atoms with van der Waals surface area (Å²) in [4.78, 5) is 0. The van der Waals surface area contributed by atoms with Crippen molar-refractivity contribution in [3.8, 4) is 0 Å². The van der Waals surface area contributed by atoms with E-state index in [1.165, 1.54) is 29.5 Å².